The molecule has 2 amide bonds. The lowest BCUT2D eigenvalue weighted by Crippen LogP contribution is -2.42. The summed E-state index contributed by atoms with van der Waals surface area (Å²) in [5, 5.41) is -0.465. The zero-order chi connectivity index (χ0) is 19.5. The van der Waals surface area contributed by atoms with E-state index in [9.17, 15) is 30.8 Å². The zero-order valence-electron chi connectivity index (χ0n) is 12.4. The van der Waals surface area contributed by atoms with Crippen molar-refractivity contribution >= 4 is 33.5 Å². The molecular weight excluding hydrogens is 404 g/mol. The SMILES string of the molecule is O=C(NNc1ncc(C(F)(F)F)cc1Cl)NS(=O)(=O)c1cccc(F)c1. The first-order valence-corrected chi connectivity index (χ1v) is 8.42. The van der Waals surface area contributed by atoms with Crippen LogP contribution in [0.1, 0.15) is 5.56 Å². The van der Waals surface area contributed by atoms with Crippen LogP contribution >= 0.6 is 11.6 Å². The van der Waals surface area contributed by atoms with Crippen LogP contribution in [0.3, 0.4) is 0 Å². The molecule has 3 N–H and O–H groups in total. The number of anilines is 1. The van der Waals surface area contributed by atoms with E-state index in [1.807, 2.05) is 5.43 Å². The maximum Gasteiger partial charge on any atom is 0.417 e. The molecule has 0 radical (unpaired) electrons. The normalized spacial score (nSPS) is 11.7. The van der Waals surface area contributed by atoms with E-state index in [4.69, 9.17) is 11.6 Å². The summed E-state index contributed by atoms with van der Waals surface area (Å²) >= 11 is 5.61. The highest BCUT2D eigenvalue weighted by Gasteiger charge is 2.31. The number of carbonyl (C=O) groups is 1. The van der Waals surface area contributed by atoms with E-state index < -0.39 is 43.5 Å². The third-order valence-corrected chi connectivity index (χ3v) is 4.41. The van der Waals surface area contributed by atoms with Gasteiger partial charge in [-0.1, -0.05) is 17.7 Å². The third kappa shape index (κ3) is 4.95. The molecule has 0 fully saturated rings. The molecule has 0 saturated carbocycles. The molecule has 13 heteroatoms. The van der Waals surface area contributed by atoms with E-state index in [1.165, 1.54) is 0 Å². The maximum atomic E-state index is 13.1. The Kier molecular flexibility index (Phi) is 5.56. The first-order valence-electron chi connectivity index (χ1n) is 6.56. The second-order valence-corrected chi connectivity index (χ2v) is 6.78. The van der Waals surface area contributed by atoms with Crippen molar-refractivity contribution in [3.8, 4) is 0 Å². The van der Waals surface area contributed by atoms with Gasteiger partial charge in [0.05, 0.1) is 15.5 Å². The summed E-state index contributed by atoms with van der Waals surface area (Å²) in [6.45, 7) is 0. The van der Waals surface area contributed by atoms with Crippen LogP contribution in [0.2, 0.25) is 5.02 Å². The van der Waals surface area contributed by atoms with Crippen LogP contribution < -0.4 is 15.6 Å². The Bertz CT molecular complexity index is 937. The average Bonchev–Trinajstić information content (AvgIpc) is 2.52. The van der Waals surface area contributed by atoms with Gasteiger partial charge in [-0.2, -0.15) is 13.2 Å². The zero-order valence-corrected chi connectivity index (χ0v) is 14.0. The summed E-state index contributed by atoms with van der Waals surface area (Å²) in [4.78, 5) is 14.5. The Labute approximate surface area is 149 Å². The number of hydrazine groups is 1. The Hall–Kier alpha value is -2.60. The standard InChI is InChI=1S/C13H9ClF4N4O3S/c14-10-4-7(13(16,17)18)6-19-11(10)20-21-12(23)22-26(24,25)9-3-1-2-8(15)5-9/h1-6H,(H,19,20)(H2,21,22,23). The minimum Gasteiger partial charge on any atom is -0.279 e. The molecule has 0 spiro atoms. The van der Waals surface area contributed by atoms with Crippen molar-refractivity contribution < 1.29 is 30.8 Å². The fourth-order valence-corrected chi connectivity index (χ4v) is 2.79. The minimum atomic E-state index is -4.65. The van der Waals surface area contributed by atoms with Crippen LogP contribution in [0.4, 0.5) is 28.2 Å². The smallest absolute Gasteiger partial charge is 0.279 e. The maximum absolute atomic E-state index is 13.1. The predicted molar refractivity (Wildman–Crippen MR) is 83.1 cm³/mol. The predicted octanol–water partition coefficient (Wildman–Crippen LogP) is 2.91. The van der Waals surface area contributed by atoms with Gasteiger partial charge in [-0.3, -0.25) is 5.43 Å². The molecule has 0 saturated heterocycles. The van der Waals surface area contributed by atoms with Crippen LogP contribution in [0.25, 0.3) is 0 Å². The molecule has 0 unspecified atom stereocenters. The molecule has 26 heavy (non-hydrogen) atoms. The van der Waals surface area contributed by atoms with Gasteiger partial charge in [0.1, 0.15) is 5.82 Å². The van der Waals surface area contributed by atoms with Crippen molar-refractivity contribution in [2.75, 3.05) is 5.43 Å². The lowest BCUT2D eigenvalue weighted by Gasteiger charge is -2.12. The second kappa shape index (κ2) is 7.33. The minimum absolute atomic E-state index is 0.349. The second-order valence-electron chi connectivity index (χ2n) is 4.69. The molecule has 1 aromatic carbocycles. The molecule has 0 atom stereocenters. The molecule has 0 bridgehead atoms. The largest absolute Gasteiger partial charge is 0.417 e. The summed E-state index contributed by atoms with van der Waals surface area (Å²) in [7, 11) is -4.37. The van der Waals surface area contributed by atoms with Gasteiger partial charge >= 0.3 is 12.2 Å². The van der Waals surface area contributed by atoms with Crippen LogP contribution in [0.15, 0.2) is 41.4 Å². The van der Waals surface area contributed by atoms with Gasteiger partial charge in [-0.25, -0.2) is 32.7 Å². The summed E-state index contributed by atoms with van der Waals surface area (Å²) in [5.74, 6) is -1.18. The Morgan fingerprint density at radius 2 is 1.88 bits per heavy atom. The molecule has 0 aliphatic rings. The first-order chi connectivity index (χ1) is 12.0. The van der Waals surface area contributed by atoms with Crippen LogP contribution in [0, 0.1) is 5.82 Å². The topological polar surface area (TPSA) is 100 Å². The van der Waals surface area contributed by atoms with Gasteiger partial charge < -0.3 is 0 Å². The highest BCUT2D eigenvalue weighted by Crippen LogP contribution is 2.32. The number of amides is 2. The summed E-state index contributed by atoms with van der Waals surface area (Å²) in [6, 6.07) is 3.16. The van der Waals surface area contributed by atoms with E-state index >= 15 is 0 Å². The number of hydrogen-bond donors (Lipinski definition) is 3. The number of sulfonamides is 1. The average molecular weight is 413 g/mol. The first kappa shape index (κ1) is 19.7. The number of carbonyl (C=O) groups excluding carboxylic acids is 1. The summed E-state index contributed by atoms with van der Waals surface area (Å²) < 4.78 is 75.9. The number of benzene rings is 1. The fourth-order valence-electron chi connectivity index (χ4n) is 1.64. The fraction of sp³-hybridized carbons (Fsp3) is 0.0769. The van der Waals surface area contributed by atoms with Crippen molar-refractivity contribution in [3.05, 3.63) is 52.9 Å². The lowest BCUT2D eigenvalue weighted by atomic mass is 10.3. The monoisotopic (exact) mass is 412 g/mol. The number of halogens is 5. The summed E-state index contributed by atoms with van der Waals surface area (Å²) in [6.07, 6.45) is -4.18. The van der Waals surface area contributed by atoms with E-state index in [0.717, 1.165) is 18.2 Å². The van der Waals surface area contributed by atoms with E-state index in [0.29, 0.717) is 18.3 Å². The number of pyridine rings is 1. The molecular formula is C13H9ClF4N4O3S. The molecule has 0 aliphatic carbocycles. The van der Waals surface area contributed by atoms with E-state index in [1.54, 1.807) is 4.72 Å². The molecule has 1 aromatic heterocycles. The highest BCUT2D eigenvalue weighted by molar-refractivity contribution is 7.90. The quantitative estimate of drug-likeness (QED) is 0.529. The number of urea groups is 1. The van der Waals surface area contributed by atoms with Gasteiger partial charge in [0, 0.05) is 6.20 Å². The van der Waals surface area contributed by atoms with Crippen LogP contribution in [-0.2, 0) is 16.2 Å². The molecule has 0 aliphatic heterocycles. The van der Waals surface area contributed by atoms with Gasteiger partial charge in [-0.05, 0) is 24.3 Å². The van der Waals surface area contributed by atoms with Crippen LogP contribution in [-0.4, -0.2) is 19.4 Å². The van der Waals surface area contributed by atoms with E-state index in [-0.39, 0.29) is 5.82 Å². The van der Waals surface area contributed by atoms with Crippen molar-refractivity contribution in [2.24, 2.45) is 0 Å². The number of aromatic nitrogens is 1. The molecule has 7 nitrogen and oxygen atoms in total. The number of alkyl halides is 3. The highest BCUT2D eigenvalue weighted by atomic mass is 35.5. The van der Waals surface area contributed by atoms with Crippen LogP contribution in [0.5, 0.6) is 0 Å². The van der Waals surface area contributed by atoms with Gasteiger partial charge in [0.2, 0.25) is 0 Å². The number of nitrogens with one attached hydrogen (secondary N) is 3. The molecule has 140 valence electrons. The van der Waals surface area contributed by atoms with Gasteiger partial charge in [0.25, 0.3) is 10.0 Å². The van der Waals surface area contributed by atoms with Crippen molar-refractivity contribution in [2.45, 2.75) is 11.1 Å². The van der Waals surface area contributed by atoms with E-state index in [2.05, 4.69) is 10.4 Å². The summed E-state index contributed by atoms with van der Waals surface area (Å²) in [5.41, 5.74) is 2.80. The Morgan fingerprint density at radius 3 is 2.46 bits per heavy atom. The van der Waals surface area contributed by atoms with Crippen molar-refractivity contribution in [3.63, 3.8) is 0 Å². The van der Waals surface area contributed by atoms with Gasteiger partial charge in [0.15, 0.2) is 5.82 Å². The Morgan fingerprint density at radius 1 is 1.19 bits per heavy atom. The Balaban J connectivity index is 2.03. The molecule has 2 aromatic rings. The number of hydrogen-bond acceptors (Lipinski definition) is 5. The van der Waals surface area contributed by atoms with Gasteiger partial charge in [-0.15, -0.1) is 0 Å². The number of rotatable bonds is 4. The lowest BCUT2D eigenvalue weighted by molar-refractivity contribution is -0.137. The van der Waals surface area contributed by atoms with Crippen molar-refractivity contribution in [1.29, 1.82) is 0 Å². The third-order valence-electron chi connectivity index (χ3n) is 2.80. The molecule has 1 heterocycles. The van der Waals surface area contributed by atoms with Crippen molar-refractivity contribution in [1.82, 2.24) is 15.1 Å². The number of nitrogens with zero attached hydrogens (tertiary/aromatic N) is 1. The molecule has 2 rings (SSSR count).